The lowest BCUT2D eigenvalue weighted by atomic mass is 9.95. The van der Waals surface area contributed by atoms with Gasteiger partial charge in [-0.25, -0.2) is 0 Å². The fourth-order valence-corrected chi connectivity index (χ4v) is 4.00. The van der Waals surface area contributed by atoms with E-state index >= 15 is 0 Å². The summed E-state index contributed by atoms with van der Waals surface area (Å²) in [5.74, 6) is 0.266. The second kappa shape index (κ2) is 6.18. The van der Waals surface area contributed by atoms with Gasteiger partial charge < -0.3 is 14.6 Å². The van der Waals surface area contributed by atoms with E-state index in [2.05, 4.69) is 0 Å². The second-order valence-electron chi connectivity index (χ2n) is 6.46. The lowest BCUT2D eigenvalue weighted by molar-refractivity contribution is 0.0980. The molecule has 0 saturated heterocycles. The quantitative estimate of drug-likeness (QED) is 0.566. The van der Waals surface area contributed by atoms with E-state index < -0.39 is 0 Å². The van der Waals surface area contributed by atoms with Crippen LogP contribution in [0.3, 0.4) is 0 Å². The molecule has 2 heterocycles. The molecule has 5 nitrogen and oxygen atoms in total. The summed E-state index contributed by atoms with van der Waals surface area (Å²) in [5.41, 5.74) is 2.50. The minimum absolute atomic E-state index is 0.0214. The third-order valence-electron chi connectivity index (χ3n) is 5.08. The van der Waals surface area contributed by atoms with Crippen molar-refractivity contribution in [3.8, 4) is 5.75 Å². The Balaban J connectivity index is 1.88. The first-order valence-corrected chi connectivity index (χ1v) is 8.83. The molecule has 6 heteroatoms. The van der Waals surface area contributed by atoms with E-state index in [1.807, 2.05) is 24.3 Å². The van der Waals surface area contributed by atoms with Gasteiger partial charge in [-0.05, 0) is 23.1 Å². The molecule has 0 spiro atoms. The summed E-state index contributed by atoms with van der Waals surface area (Å²) in [5, 5.41) is 12.1. The number of hydrogen-bond acceptors (Lipinski definition) is 3. The van der Waals surface area contributed by atoms with E-state index in [-0.39, 0.29) is 17.6 Å². The topological polar surface area (TPSA) is 62.5 Å². The summed E-state index contributed by atoms with van der Waals surface area (Å²) in [6.45, 7) is 0.437. The van der Waals surface area contributed by atoms with Crippen LogP contribution in [-0.4, -0.2) is 34.3 Å². The number of hydrogen-bond donors (Lipinski definition) is 1. The largest absolute Gasteiger partial charge is 0.507 e. The van der Waals surface area contributed by atoms with Gasteiger partial charge in [-0.2, -0.15) is 0 Å². The molecule has 0 saturated carbocycles. The van der Waals surface area contributed by atoms with Crippen molar-refractivity contribution < 1.29 is 14.7 Å². The van der Waals surface area contributed by atoms with Gasteiger partial charge in [-0.15, -0.1) is 11.6 Å². The van der Waals surface area contributed by atoms with Crippen LogP contribution >= 0.6 is 11.6 Å². The maximum atomic E-state index is 13.1. The van der Waals surface area contributed by atoms with Crippen molar-refractivity contribution in [2.45, 2.75) is 5.92 Å². The summed E-state index contributed by atoms with van der Waals surface area (Å²) in [7, 11) is 1.69. The summed E-state index contributed by atoms with van der Waals surface area (Å²) >= 11 is 6.20. The zero-order valence-corrected chi connectivity index (χ0v) is 14.9. The highest BCUT2D eigenvalue weighted by molar-refractivity contribution is 6.19. The molecule has 2 aromatic carbocycles. The van der Waals surface area contributed by atoms with Crippen LogP contribution in [0, 0.1) is 0 Å². The van der Waals surface area contributed by atoms with Crippen LogP contribution in [0.5, 0.6) is 5.75 Å². The molecule has 0 radical (unpaired) electrons. The first kappa shape index (κ1) is 16.7. The number of amides is 1. The van der Waals surface area contributed by atoms with E-state index in [0.29, 0.717) is 29.5 Å². The van der Waals surface area contributed by atoms with E-state index in [1.165, 1.54) is 0 Å². The number of aromatic nitrogens is 1. The molecular formula is C20H17ClN2O3. The summed E-state index contributed by atoms with van der Waals surface area (Å²) in [6.07, 6.45) is 0.718. The Labute approximate surface area is 155 Å². The van der Waals surface area contributed by atoms with E-state index in [9.17, 15) is 14.7 Å². The van der Waals surface area contributed by atoms with E-state index in [0.717, 1.165) is 22.6 Å². The molecule has 0 fully saturated rings. The van der Waals surface area contributed by atoms with Gasteiger partial charge in [0.2, 0.25) is 0 Å². The molecule has 1 aliphatic heterocycles. The van der Waals surface area contributed by atoms with Crippen molar-refractivity contribution in [3.63, 3.8) is 0 Å². The number of fused-ring (bicyclic) bond motifs is 3. The number of phenols is 1. The molecule has 132 valence electrons. The lowest BCUT2D eigenvalue weighted by Gasteiger charge is -2.19. The van der Waals surface area contributed by atoms with Crippen molar-refractivity contribution in [1.29, 1.82) is 0 Å². The van der Waals surface area contributed by atoms with Gasteiger partial charge in [0.05, 0.1) is 11.4 Å². The average Bonchev–Trinajstić information content (AvgIpc) is 3.21. The number of carbonyl (C=O) groups is 2. The Morgan fingerprint density at radius 1 is 1.27 bits per heavy atom. The Hall–Kier alpha value is -2.79. The number of halogens is 1. The number of aromatic hydroxyl groups is 1. The lowest BCUT2D eigenvalue weighted by Crippen LogP contribution is -2.31. The Kier molecular flexibility index (Phi) is 3.96. The molecule has 26 heavy (non-hydrogen) atoms. The zero-order chi connectivity index (χ0) is 18.4. The predicted octanol–water partition coefficient (Wildman–Crippen LogP) is 3.68. The van der Waals surface area contributed by atoms with Gasteiger partial charge in [0.15, 0.2) is 6.29 Å². The number of alkyl halides is 1. The van der Waals surface area contributed by atoms with E-state index in [4.69, 9.17) is 11.6 Å². The van der Waals surface area contributed by atoms with Crippen LogP contribution in [0.15, 0.2) is 42.5 Å². The van der Waals surface area contributed by atoms with Gasteiger partial charge in [-0.1, -0.05) is 24.3 Å². The minimum Gasteiger partial charge on any atom is -0.507 e. The molecule has 4 rings (SSSR count). The number of aldehydes is 1. The van der Waals surface area contributed by atoms with Gasteiger partial charge in [-0.3, -0.25) is 9.59 Å². The minimum atomic E-state index is -0.218. The van der Waals surface area contributed by atoms with Gasteiger partial charge >= 0.3 is 0 Å². The highest BCUT2D eigenvalue weighted by Crippen LogP contribution is 2.45. The van der Waals surface area contributed by atoms with Crippen LogP contribution in [0.2, 0.25) is 0 Å². The number of carbonyl (C=O) groups excluding carboxylic acids is 2. The van der Waals surface area contributed by atoms with Crippen LogP contribution < -0.4 is 4.90 Å². The number of phenolic OH excluding ortho intramolecular Hbond substituents is 1. The van der Waals surface area contributed by atoms with Crippen LogP contribution in [0.25, 0.3) is 10.8 Å². The van der Waals surface area contributed by atoms with Gasteiger partial charge in [0.1, 0.15) is 11.4 Å². The number of anilines is 1. The molecule has 3 aromatic rings. The molecule has 0 bridgehead atoms. The zero-order valence-electron chi connectivity index (χ0n) is 14.1. The van der Waals surface area contributed by atoms with Crippen molar-refractivity contribution >= 4 is 40.3 Å². The molecule has 1 atom stereocenters. The maximum absolute atomic E-state index is 13.1. The number of benzene rings is 2. The highest BCUT2D eigenvalue weighted by Gasteiger charge is 2.35. The van der Waals surface area contributed by atoms with Crippen molar-refractivity contribution in [3.05, 3.63) is 59.4 Å². The fraction of sp³-hybridized carbons (Fsp3) is 0.200. The van der Waals surface area contributed by atoms with Crippen molar-refractivity contribution in [2.24, 2.45) is 7.05 Å². The monoisotopic (exact) mass is 368 g/mol. The van der Waals surface area contributed by atoms with Crippen molar-refractivity contribution in [1.82, 2.24) is 4.57 Å². The highest BCUT2D eigenvalue weighted by atomic mass is 35.5. The second-order valence-corrected chi connectivity index (χ2v) is 6.77. The predicted molar refractivity (Wildman–Crippen MR) is 102 cm³/mol. The Morgan fingerprint density at radius 3 is 2.65 bits per heavy atom. The van der Waals surface area contributed by atoms with Crippen LogP contribution in [0.4, 0.5) is 5.69 Å². The van der Waals surface area contributed by atoms with Crippen LogP contribution in [-0.2, 0) is 7.05 Å². The SMILES string of the molecule is Cn1c(C=O)ccc1C(=O)N1CC(CCl)c2c1cc(O)c1ccccc21. The Morgan fingerprint density at radius 2 is 2.00 bits per heavy atom. The number of rotatable bonds is 3. The third-order valence-corrected chi connectivity index (χ3v) is 5.45. The van der Waals surface area contributed by atoms with Gasteiger partial charge in [0, 0.05) is 36.8 Å². The first-order valence-electron chi connectivity index (χ1n) is 8.30. The molecule has 1 unspecified atom stereocenters. The van der Waals surface area contributed by atoms with Crippen LogP contribution in [0.1, 0.15) is 32.5 Å². The molecular weight excluding hydrogens is 352 g/mol. The smallest absolute Gasteiger partial charge is 0.274 e. The fourth-order valence-electron chi connectivity index (χ4n) is 3.74. The summed E-state index contributed by atoms with van der Waals surface area (Å²) in [6, 6.07) is 12.5. The third kappa shape index (κ3) is 2.31. The average molecular weight is 369 g/mol. The molecule has 1 amide bonds. The molecule has 1 aromatic heterocycles. The Bertz CT molecular complexity index is 1040. The molecule has 0 aliphatic carbocycles. The number of nitrogens with zero attached hydrogens (tertiary/aromatic N) is 2. The summed E-state index contributed by atoms with van der Waals surface area (Å²) in [4.78, 5) is 25.8. The van der Waals surface area contributed by atoms with Gasteiger partial charge in [0.25, 0.3) is 5.91 Å². The molecule has 1 aliphatic rings. The van der Waals surface area contributed by atoms with E-state index in [1.54, 1.807) is 34.7 Å². The standard InChI is InChI=1S/C20H17ClN2O3/c1-22-13(11-24)6-7-16(22)20(26)23-10-12(9-21)19-15-5-3-2-4-14(15)18(25)8-17(19)23/h2-8,11-12,25H,9-10H2,1H3. The molecule has 1 N–H and O–H groups in total. The first-order chi connectivity index (χ1) is 12.6. The normalized spacial score (nSPS) is 16.1. The maximum Gasteiger partial charge on any atom is 0.274 e. The van der Waals surface area contributed by atoms with Crippen molar-refractivity contribution in [2.75, 3.05) is 17.3 Å². The summed E-state index contributed by atoms with van der Waals surface area (Å²) < 4.78 is 1.57.